The summed E-state index contributed by atoms with van der Waals surface area (Å²) in [6.07, 6.45) is -0.475. The molecule has 1 aliphatic heterocycles. The predicted molar refractivity (Wildman–Crippen MR) is 91.8 cm³/mol. The van der Waals surface area contributed by atoms with E-state index in [1.54, 1.807) is 18.7 Å². The Labute approximate surface area is 151 Å². The Kier molecular flexibility index (Phi) is 7.55. The summed E-state index contributed by atoms with van der Waals surface area (Å²) >= 11 is 11.8. The monoisotopic (exact) mass is 384 g/mol. The van der Waals surface area contributed by atoms with Gasteiger partial charge in [-0.3, -0.25) is 4.79 Å². The number of nitrogens with zero attached hydrogens (tertiary/aromatic N) is 1. The Morgan fingerprint density at radius 3 is 2.65 bits per heavy atom. The van der Waals surface area contributed by atoms with Crippen molar-refractivity contribution >= 4 is 41.5 Å². The van der Waals surface area contributed by atoms with E-state index in [0.717, 1.165) is 0 Å². The van der Waals surface area contributed by atoms with E-state index in [1.165, 1.54) is 12.1 Å². The van der Waals surface area contributed by atoms with Gasteiger partial charge >= 0.3 is 0 Å². The average Bonchev–Trinajstić information content (AvgIpc) is 2.49. The number of carbonyl (C=O) groups is 1. The van der Waals surface area contributed by atoms with Crippen LogP contribution in [-0.2, 0) is 9.53 Å². The van der Waals surface area contributed by atoms with Crippen LogP contribution in [0, 0.1) is 11.7 Å². The van der Waals surface area contributed by atoms with E-state index in [4.69, 9.17) is 33.7 Å². The van der Waals surface area contributed by atoms with Gasteiger partial charge in [-0.05, 0) is 19.1 Å². The van der Waals surface area contributed by atoms with Crippen molar-refractivity contribution in [1.82, 2.24) is 4.90 Å². The zero-order valence-electron chi connectivity index (χ0n) is 12.9. The van der Waals surface area contributed by atoms with Crippen LogP contribution in [0.1, 0.15) is 25.5 Å². The first-order chi connectivity index (χ1) is 10.3. The van der Waals surface area contributed by atoms with Crippen LogP contribution >= 0.6 is 35.6 Å². The molecule has 0 saturated carbocycles. The largest absolute Gasteiger partial charge is 0.370 e. The van der Waals surface area contributed by atoms with E-state index >= 15 is 0 Å². The molecule has 0 aromatic heterocycles. The lowest BCUT2D eigenvalue weighted by atomic mass is 10.0. The minimum Gasteiger partial charge on any atom is -0.370 e. The summed E-state index contributed by atoms with van der Waals surface area (Å²) in [4.78, 5) is 14.1. The fraction of sp³-hybridized carbons (Fsp3) is 0.533. The number of rotatable bonds is 3. The van der Waals surface area contributed by atoms with Crippen LogP contribution in [0.25, 0.3) is 0 Å². The van der Waals surface area contributed by atoms with Gasteiger partial charge in [-0.2, -0.15) is 0 Å². The van der Waals surface area contributed by atoms with Crippen LogP contribution in [0.2, 0.25) is 10.0 Å². The molecule has 3 unspecified atom stereocenters. The highest BCUT2D eigenvalue weighted by atomic mass is 35.5. The fourth-order valence-corrected chi connectivity index (χ4v) is 2.84. The number of morpholine rings is 1. The molecule has 0 bridgehead atoms. The van der Waals surface area contributed by atoms with Gasteiger partial charge in [-0.25, -0.2) is 4.39 Å². The van der Waals surface area contributed by atoms with Crippen molar-refractivity contribution in [3.05, 3.63) is 33.6 Å². The van der Waals surface area contributed by atoms with Crippen LogP contribution in [0.15, 0.2) is 12.1 Å². The number of carbonyl (C=O) groups excluding carboxylic acids is 1. The molecule has 1 saturated heterocycles. The van der Waals surface area contributed by atoms with Crippen LogP contribution in [0.4, 0.5) is 4.39 Å². The van der Waals surface area contributed by atoms with E-state index in [9.17, 15) is 9.18 Å². The van der Waals surface area contributed by atoms with E-state index in [0.29, 0.717) is 30.3 Å². The minimum absolute atomic E-state index is 0. The standard InChI is InChI=1S/C15H19Cl2FN2O2.ClH/c1-8(9(2)19)15(21)20-3-4-22-14(7-20)10-5-13(18)12(17)6-11(10)16;/h5-6,8-9,14H,3-4,7,19H2,1-2H3;1H. The Balaban J connectivity index is 0.00000264. The molecule has 130 valence electrons. The smallest absolute Gasteiger partial charge is 0.227 e. The number of nitrogens with two attached hydrogens (primary N) is 1. The molecule has 1 amide bonds. The molecule has 1 aromatic rings. The second kappa shape index (κ2) is 8.49. The summed E-state index contributed by atoms with van der Waals surface area (Å²) in [5, 5.41) is 0.286. The van der Waals surface area contributed by atoms with Crippen LogP contribution in [-0.4, -0.2) is 36.5 Å². The topological polar surface area (TPSA) is 55.6 Å². The van der Waals surface area contributed by atoms with Crippen molar-refractivity contribution in [1.29, 1.82) is 0 Å². The highest BCUT2D eigenvalue weighted by Crippen LogP contribution is 2.32. The predicted octanol–water partition coefficient (Wildman–Crippen LogP) is 3.44. The molecule has 1 aliphatic rings. The first-order valence-corrected chi connectivity index (χ1v) is 7.87. The highest BCUT2D eigenvalue weighted by molar-refractivity contribution is 6.35. The van der Waals surface area contributed by atoms with Crippen molar-refractivity contribution in [3.63, 3.8) is 0 Å². The van der Waals surface area contributed by atoms with E-state index < -0.39 is 11.9 Å². The Morgan fingerprint density at radius 2 is 2.04 bits per heavy atom. The van der Waals surface area contributed by atoms with Gasteiger partial charge in [0, 0.05) is 23.2 Å². The number of benzene rings is 1. The number of hydrogen-bond donors (Lipinski definition) is 1. The maximum Gasteiger partial charge on any atom is 0.227 e. The van der Waals surface area contributed by atoms with Crippen LogP contribution in [0.5, 0.6) is 0 Å². The van der Waals surface area contributed by atoms with Crippen LogP contribution in [0.3, 0.4) is 0 Å². The molecule has 8 heteroatoms. The zero-order valence-corrected chi connectivity index (χ0v) is 15.2. The number of halogens is 4. The van der Waals surface area contributed by atoms with Gasteiger partial charge in [0.25, 0.3) is 0 Å². The third kappa shape index (κ3) is 4.70. The number of amides is 1. The van der Waals surface area contributed by atoms with E-state index in [2.05, 4.69) is 0 Å². The van der Waals surface area contributed by atoms with Gasteiger partial charge < -0.3 is 15.4 Å². The third-order valence-corrected chi connectivity index (χ3v) is 4.56. The summed E-state index contributed by atoms with van der Waals surface area (Å²) in [6.45, 7) is 4.76. The summed E-state index contributed by atoms with van der Waals surface area (Å²) in [6, 6.07) is 2.38. The quantitative estimate of drug-likeness (QED) is 0.811. The van der Waals surface area contributed by atoms with E-state index in [1.807, 2.05) is 0 Å². The Hall–Kier alpha value is -0.590. The molecule has 2 N–H and O–H groups in total. The van der Waals surface area contributed by atoms with Gasteiger partial charge in [0.2, 0.25) is 5.91 Å². The molecule has 0 aliphatic carbocycles. The molecule has 2 rings (SSSR count). The van der Waals surface area contributed by atoms with Crippen molar-refractivity contribution in [2.75, 3.05) is 19.7 Å². The summed E-state index contributed by atoms with van der Waals surface area (Å²) in [5.74, 6) is -0.873. The average molecular weight is 386 g/mol. The summed E-state index contributed by atoms with van der Waals surface area (Å²) in [7, 11) is 0. The third-order valence-electron chi connectivity index (χ3n) is 3.94. The molecule has 23 heavy (non-hydrogen) atoms. The SMILES string of the molecule is CC(N)C(C)C(=O)N1CCOC(c2cc(F)c(Cl)cc2Cl)C1.Cl. The lowest BCUT2D eigenvalue weighted by Crippen LogP contribution is -2.47. The molecule has 3 atom stereocenters. The molecule has 0 spiro atoms. The summed E-state index contributed by atoms with van der Waals surface area (Å²) < 4.78 is 19.3. The molecule has 4 nitrogen and oxygen atoms in total. The maximum absolute atomic E-state index is 13.7. The lowest BCUT2D eigenvalue weighted by Gasteiger charge is -2.35. The molecule has 1 heterocycles. The zero-order chi connectivity index (χ0) is 16.4. The van der Waals surface area contributed by atoms with Crippen molar-refractivity contribution in [3.8, 4) is 0 Å². The fourth-order valence-electron chi connectivity index (χ4n) is 2.34. The van der Waals surface area contributed by atoms with Crippen molar-refractivity contribution < 1.29 is 13.9 Å². The van der Waals surface area contributed by atoms with Crippen LogP contribution < -0.4 is 5.73 Å². The van der Waals surface area contributed by atoms with E-state index in [-0.39, 0.29) is 35.3 Å². The molecule has 0 radical (unpaired) electrons. The maximum atomic E-state index is 13.7. The molecular weight excluding hydrogens is 366 g/mol. The minimum atomic E-state index is -0.558. The Bertz CT molecular complexity index is 572. The van der Waals surface area contributed by atoms with Crippen molar-refractivity contribution in [2.24, 2.45) is 11.7 Å². The van der Waals surface area contributed by atoms with Gasteiger partial charge in [0.1, 0.15) is 11.9 Å². The normalized spacial score (nSPS) is 20.6. The van der Waals surface area contributed by atoms with Gasteiger partial charge in [-0.15, -0.1) is 12.4 Å². The van der Waals surface area contributed by atoms with Gasteiger partial charge in [-0.1, -0.05) is 30.1 Å². The second-order valence-corrected chi connectivity index (χ2v) is 6.39. The molecule has 1 fully saturated rings. The number of hydrogen-bond acceptors (Lipinski definition) is 3. The first-order valence-electron chi connectivity index (χ1n) is 7.11. The first kappa shape index (κ1) is 20.5. The van der Waals surface area contributed by atoms with Crippen molar-refractivity contribution in [2.45, 2.75) is 26.0 Å². The second-order valence-electron chi connectivity index (χ2n) is 5.58. The lowest BCUT2D eigenvalue weighted by molar-refractivity contribution is -0.143. The summed E-state index contributed by atoms with van der Waals surface area (Å²) in [5.41, 5.74) is 6.28. The molecule has 1 aromatic carbocycles. The van der Waals surface area contributed by atoms with Gasteiger partial charge in [0.05, 0.1) is 24.1 Å². The highest BCUT2D eigenvalue weighted by Gasteiger charge is 2.30. The Morgan fingerprint density at radius 1 is 1.39 bits per heavy atom. The number of ether oxygens (including phenoxy) is 1. The molecular formula is C15H20Cl3FN2O2. The van der Waals surface area contributed by atoms with Gasteiger partial charge in [0.15, 0.2) is 0 Å².